The van der Waals surface area contributed by atoms with Crippen LogP contribution in [0.5, 0.6) is 5.88 Å². The van der Waals surface area contributed by atoms with Gasteiger partial charge in [-0.15, -0.1) is 0 Å². The van der Waals surface area contributed by atoms with Crippen molar-refractivity contribution in [3.8, 4) is 17.3 Å². The van der Waals surface area contributed by atoms with Crippen molar-refractivity contribution >= 4 is 5.78 Å². The highest BCUT2D eigenvalue weighted by atomic mass is 16.3. The predicted molar refractivity (Wildman–Crippen MR) is 117 cm³/mol. The van der Waals surface area contributed by atoms with Crippen molar-refractivity contribution < 1.29 is 9.90 Å². The minimum Gasteiger partial charge on any atom is -0.493 e. The Morgan fingerprint density at radius 2 is 1.27 bits per heavy atom. The van der Waals surface area contributed by atoms with Crippen LogP contribution in [0.2, 0.25) is 0 Å². The molecule has 1 heterocycles. The number of carbonyl (C=O) groups is 1. The molecule has 0 bridgehead atoms. The van der Waals surface area contributed by atoms with E-state index in [-0.39, 0.29) is 29.2 Å². The monoisotopic (exact) mass is 398 g/mol. The molecule has 4 aromatic rings. The van der Waals surface area contributed by atoms with E-state index < -0.39 is 5.92 Å². The Hall–Kier alpha value is -3.86. The summed E-state index contributed by atoms with van der Waals surface area (Å²) in [5.74, 6) is -0.761. The summed E-state index contributed by atoms with van der Waals surface area (Å²) < 4.78 is 2.96. The minimum absolute atomic E-state index is 0.0543. The second-order valence-corrected chi connectivity index (χ2v) is 7.21. The van der Waals surface area contributed by atoms with Gasteiger partial charge in [0.15, 0.2) is 0 Å². The van der Waals surface area contributed by atoms with Crippen molar-refractivity contribution in [3.63, 3.8) is 0 Å². The molecule has 0 amide bonds. The van der Waals surface area contributed by atoms with Crippen LogP contribution in [0.15, 0.2) is 95.8 Å². The largest absolute Gasteiger partial charge is 0.493 e. The number of Topliss-reactive ketones (excluding diaryl/α,β-unsaturated/α-hetero) is 1. The second-order valence-electron chi connectivity index (χ2n) is 7.21. The van der Waals surface area contributed by atoms with Gasteiger partial charge < -0.3 is 5.11 Å². The fraction of sp³-hybridized carbons (Fsp3) is 0.120. The lowest BCUT2D eigenvalue weighted by Gasteiger charge is -2.15. The summed E-state index contributed by atoms with van der Waals surface area (Å²) in [6, 6.07) is 27.7. The highest BCUT2D eigenvalue weighted by Crippen LogP contribution is 2.34. The molecular formula is C25H22N2O3. The lowest BCUT2D eigenvalue weighted by atomic mass is 9.88. The van der Waals surface area contributed by atoms with E-state index in [1.54, 1.807) is 0 Å². The summed E-state index contributed by atoms with van der Waals surface area (Å²) in [7, 11) is 0. The fourth-order valence-electron chi connectivity index (χ4n) is 3.78. The molecule has 3 aromatic carbocycles. The second kappa shape index (κ2) is 8.25. The third kappa shape index (κ3) is 3.57. The van der Waals surface area contributed by atoms with E-state index in [9.17, 15) is 14.7 Å². The SMILES string of the molecule is CC(=O)CC(c1ccccc1)c1c(O)n(-c2ccccc2)n(-c2ccccc2)c1=O. The van der Waals surface area contributed by atoms with Gasteiger partial charge in [-0.3, -0.25) is 9.59 Å². The number of aromatic nitrogens is 2. The maximum Gasteiger partial charge on any atom is 0.279 e. The minimum atomic E-state index is -0.545. The van der Waals surface area contributed by atoms with Crippen LogP contribution in [-0.2, 0) is 4.79 Å². The molecule has 0 aliphatic carbocycles. The van der Waals surface area contributed by atoms with E-state index in [1.807, 2.05) is 91.0 Å². The van der Waals surface area contributed by atoms with E-state index in [1.165, 1.54) is 16.3 Å². The van der Waals surface area contributed by atoms with Gasteiger partial charge in [-0.25, -0.2) is 9.36 Å². The maximum atomic E-state index is 13.7. The van der Waals surface area contributed by atoms with Gasteiger partial charge in [0, 0.05) is 12.3 Å². The van der Waals surface area contributed by atoms with Crippen LogP contribution in [-0.4, -0.2) is 20.3 Å². The number of hydrogen-bond donors (Lipinski definition) is 1. The van der Waals surface area contributed by atoms with Crippen molar-refractivity contribution in [1.29, 1.82) is 0 Å². The van der Waals surface area contributed by atoms with Gasteiger partial charge in [0.2, 0.25) is 5.88 Å². The summed E-state index contributed by atoms with van der Waals surface area (Å²) in [6.07, 6.45) is 0.125. The van der Waals surface area contributed by atoms with E-state index in [0.29, 0.717) is 11.4 Å². The number of nitrogens with zero attached hydrogens (tertiary/aromatic N) is 2. The summed E-state index contributed by atoms with van der Waals surface area (Å²) in [5.41, 5.74) is 1.95. The molecule has 0 saturated heterocycles. The molecule has 0 aliphatic rings. The Balaban J connectivity index is 2.03. The van der Waals surface area contributed by atoms with Gasteiger partial charge >= 0.3 is 0 Å². The summed E-state index contributed by atoms with van der Waals surface area (Å²) in [6.45, 7) is 1.50. The predicted octanol–water partition coefficient (Wildman–Crippen LogP) is 4.44. The van der Waals surface area contributed by atoms with E-state index >= 15 is 0 Å². The molecule has 150 valence electrons. The number of rotatable bonds is 6. The molecule has 4 rings (SSSR count). The fourth-order valence-corrected chi connectivity index (χ4v) is 3.78. The van der Waals surface area contributed by atoms with Crippen molar-refractivity contribution in [2.45, 2.75) is 19.3 Å². The molecule has 5 heteroatoms. The number of hydrogen-bond acceptors (Lipinski definition) is 3. The lowest BCUT2D eigenvalue weighted by Crippen LogP contribution is -2.23. The lowest BCUT2D eigenvalue weighted by molar-refractivity contribution is -0.117. The molecule has 1 unspecified atom stereocenters. The Morgan fingerprint density at radius 1 is 0.800 bits per heavy atom. The van der Waals surface area contributed by atoms with Gasteiger partial charge in [0.1, 0.15) is 5.78 Å². The Kier molecular flexibility index (Phi) is 5.35. The van der Waals surface area contributed by atoms with E-state index in [4.69, 9.17) is 0 Å². The molecule has 1 aromatic heterocycles. The smallest absolute Gasteiger partial charge is 0.279 e. The third-order valence-electron chi connectivity index (χ3n) is 5.11. The van der Waals surface area contributed by atoms with Gasteiger partial charge in [-0.2, -0.15) is 0 Å². The van der Waals surface area contributed by atoms with Crippen LogP contribution in [0.25, 0.3) is 11.4 Å². The highest BCUT2D eigenvalue weighted by Gasteiger charge is 2.30. The van der Waals surface area contributed by atoms with Gasteiger partial charge in [0.05, 0.1) is 16.9 Å². The van der Waals surface area contributed by atoms with Crippen LogP contribution in [0.4, 0.5) is 0 Å². The average molecular weight is 398 g/mol. The van der Waals surface area contributed by atoms with Crippen molar-refractivity contribution in [3.05, 3.63) is 112 Å². The zero-order valence-electron chi connectivity index (χ0n) is 16.6. The first-order valence-electron chi connectivity index (χ1n) is 9.80. The van der Waals surface area contributed by atoms with Crippen LogP contribution < -0.4 is 5.56 Å². The maximum absolute atomic E-state index is 13.7. The first-order valence-corrected chi connectivity index (χ1v) is 9.80. The number of carbonyl (C=O) groups excluding carboxylic acids is 1. The zero-order valence-corrected chi connectivity index (χ0v) is 16.6. The number of aromatic hydroxyl groups is 1. The first kappa shape index (κ1) is 19.5. The average Bonchev–Trinajstić information content (AvgIpc) is 3.04. The quantitative estimate of drug-likeness (QED) is 0.522. The Morgan fingerprint density at radius 3 is 1.77 bits per heavy atom. The number of ketones is 1. The highest BCUT2D eigenvalue weighted by molar-refractivity contribution is 5.77. The molecule has 30 heavy (non-hydrogen) atoms. The van der Waals surface area contributed by atoms with Crippen molar-refractivity contribution in [1.82, 2.24) is 9.36 Å². The van der Waals surface area contributed by atoms with Crippen molar-refractivity contribution in [2.24, 2.45) is 0 Å². The van der Waals surface area contributed by atoms with Crippen molar-refractivity contribution in [2.75, 3.05) is 0 Å². The van der Waals surface area contributed by atoms with Gasteiger partial charge in [0.25, 0.3) is 5.56 Å². The molecule has 0 saturated carbocycles. The van der Waals surface area contributed by atoms with E-state index in [0.717, 1.165) is 5.56 Å². The first-order chi connectivity index (χ1) is 14.6. The zero-order chi connectivity index (χ0) is 21.1. The molecule has 1 atom stereocenters. The topological polar surface area (TPSA) is 64.2 Å². The van der Waals surface area contributed by atoms with Crippen LogP contribution in [0, 0.1) is 0 Å². The van der Waals surface area contributed by atoms with Gasteiger partial charge in [-0.05, 0) is 36.8 Å². The van der Waals surface area contributed by atoms with E-state index in [2.05, 4.69) is 0 Å². The molecule has 0 fully saturated rings. The van der Waals surface area contributed by atoms with Gasteiger partial charge in [-0.1, -0.05) is 66.7 Å². The Bertz CT molecular complexity index is 1210. The van der Waals surface area contributed by atoms with Crippen LogP contribution in [0.3, 0.4) is 0 Å². The summed E-state index contributed by atoms with van der Waals surface area (Å²) >= 11 is 0. The van der Waals surface area contributed by atoms with Crippen LogP contribution >= 0.6 is 0 Å². The molecule has 5 nitrogen and oxygen atoms in total. The molecule has 0 spiro atoms. The molecule has 0 radical (unpaired) electrons. The Labute approximate surface area is 174 Å². The molecular weight excluding hydrogens is 376 g/mol. The third-order valence-corrected chi connectivity index (χ3v) is 5.11. The normalized spacial score (nSPS) is 11.9. The summed E-state index contributed by atoms with van der Waals surface area (Å²) in [4.78, 5) is 25.7. The number of para-hydroxylation sites is 2. The van der Waals surface area contributed by atoms with Crippen LogP contribution in [0.1, 0.15) is 30.4 Å². The molecule has 0 aliphatic heterocycles. The standard InChI is InChI=1S/C25H22N2O3/c1-18(28)17-22(19-11-5-2-6-12-19)23-24(29)26(20-13-7-3-8-14-20)27(25(23)30)21-15-9-4-10-16-21/h2-16,22,29H,17H2,1H3. The summed E-state index contributed by atoms with van der Waals surface area (Å²) in [5, 5.41) is 11.3. The number of benzene rings is 3. The molecule has 1 N–H and O–H groups in total.